The average Bonchev–Trinajstić information content (AvgIpc) is 2.90. The van der Waals surface area contributed by atoms with E-state index in [1.165, 1.54) is 6.07 Å². The summed E-state index contributed by atoms with van der Waals surface area (Å²) in [7, 11) is -4.01. The van der Waals surface area contributed by atoms with Crippen molar-refractivity contribution in [3.8, 4) is 0 Å². The average molecular weight is 309 g/mol. The summed E-state index contributed by atoms with van der Waals surface area (Å²) < 4.78 is 22.4. The summed E-state index contributed by atoms with van der Waals surface area (Å²) in [6.45, 7) is 0.293. The van der Waals surface area contributed by atoms with Gasteiger partial charge in [-0.15, -0.1) is 5.11 Å². The maximum absolute atomic E-state index is 11.2. The van der Waals surface area contributed by atoms with E-state index in [9.17, 15) is 18.5 Å². The Morgan fingerprint density at radius 3 is 2.71 bits per heavy atom. The van der Waals surface area contributed by atoms with Gasteiger partial charge in [-0.1, -0.05) is 17.8 Å². The molecule has 0 atom stereocenters. The molecule has 110 valence electrons. The summed E-state index contributed by atoms with van der Waals surface area (Å²) in [6, 6.07) is 6.75. The molecule has 0 aliphatic carbocycles. The van der Waals surface area contributed by atoms with E-state index in [1.54, 1.807) is 18.3 Å². The third-order valence-corrected chi connectivity index (χ3v) is 3.46. The number of nitrogens with one attached hydrogen (secondary N) is 1. The standard InChI is InChI=1S/C11H10N5O4S/c12-21(19,20)9-3-4-10(11(6-9)16(17)18)15-14-7-8-2-1-5-13-8/h1-6H,7H2,(H2,12,19,20)/q-1/p+1. The molecule has 2 rings (SSSR count). The number of nitro benzene ring substituents is 1. The number of nitro groups is 1. The van der Waals surface area contributed by atoms with Crippen LogP contribution in [0.1, 0.15) is 5.69 Å². The lowest BCUT2D eigenvalue weighted by Gasteiger charge is -1.99. The lowest BCUT2D eigenvalue weighted by molar-refractivity contribution is -0.545. The molecule has 9 nitrogen and oxygen atoms in total. The fraction of sp³-hybridized carbons (Fsp3) is 0.0909. The molecule has 1 aromatic heterocycles. The fourth-order valence-corrected chi connectivity index (χ4v) is 2.10. The lowest BCUT2D eigenvalue weighted by Crippen LogP contribution is -2.63. The van der Waals surface area contributed by atoms with Gasteiger partial charge in [-0.05, 0) is 17.2 Å². The number of nitrogens with two attached hydrogens (primary N) is 1. The van der Waals surface area contributed by atoms with E-state index in [-0.39, 0.29) is 10.6 Å². The first kappa shape index (κ1) is 14.8. The molecule has 1 aromatic carbocycles. The van der Waals surface area contributed by atoms with E-state index in [2.05, 4.69) is 15.2 Å². The number of hydrogen-bond donors (Lipinski definition) is 2. The Kier molecular flexibility index (Phi) is 4.10. The molecule has 0 radical (unpaired) electrons. The van der Waals surface area contributed by atoms with E-state index in [0.29, 0.717) is 6.54 Å². The monoisotopic (exact) mass is 309 g/mol. The third-order valence-electron chi connectivity index (χ3n) is 2.55. The van der Waals surface area contributed by atoms with Gasteiger partial charge in [-0.25, -0.2) is 13.6 Å². The largest absolute Gasteiger partial charge is 0.662 e. The molecule has 21 heavy (non-hydrogen) atoms. The van der Waals surface area contributed by atoms with Crippen LogP contribution in [-0.2, 0) is 16.6 Å². The minimum Gasteiger partial charge on any atom is -0.662 e. The third kappa shape index (κ3) is 3.70. The van der Waals surface area contributed by atoms with Crippen molar-refractivity contribution in [3.05, 3.63) is 52.3 Å². The van der Waals surface area contributed by atoms with Crippen molar-refractivity contribution in [3.63, 3.8) is 0 Å². The Labute approximate surface area is 119 Å². The van der Waals surface area contributed by atoms with Crippen LogP contribution in [0, 0.1) is 10.1 Å². The minimum atomic E-state index is -4.01. The van der Waals surface area contributed by atoms with Crippen molar-refractivity contribution in [2.45, 2.75) is 11.4 Å². The summed E-state index contributed by atoms with van der Waals surface area (Å²) in [5, 5.41) is 22.4. The molecule has 0 spiro atoms. The van der Waals surface area contributed by atoms with Crippen LogP contribution < -0.4 is 15.2 Å². The zero-order valence-electron chi connectivity index (χ0n) is 10.6. The predicted molar refractivity (Wildman–Crippen MR) is 71.0 cm³/mol. The van der Waals surface area contributed by atoms with Crippen LogP contribution in [0.15, 0.2) is 46.5 Å². The van der Waals surface area contributed by atoms with Crippen LogP contribution in [0.3, 0.4) is 0 Å². The van der Waals surface area contributed by atoms with Crippen molar-refractivity contribution < 1.29 is 18.5 Å². The zero-order valence-corrected chi connectivity index (χ0v) is 11.4. The van der Waals surface area contributed by atoms with Crippen molar-refractivity contribution in [1.29, 1.82) is 0 Å². The number of rotatable bonds is 5. The summed E-state index contributed by atoms with van der Waals surface area (Å²) >= 11 is 0. The Morgan fingerprint density at radius 2 is 2.14 bits per heavy atom. The van der Waals surface area contributed by atoms with Crippen LogP contribution in [0.5, 0.6) is 0 Å². The second kappa shape index (κ2) is 5.81. The zero-order chi connectivity index (χ0) is 15.5. The number of azo groups is 1. The van der Waals surface area contributed by atoms with Crippen LogP contribution in [0.4, 0.5) is 11.4 Å². The van der Waals surface area contributed by atoms with E-state index in [0.717, 1.165) is 17.8 Å². The molecule has 0 saturated carbocycles. The summed E-state index contributed by atoms with van der Waals surface area (Å²) in [6.07, 6.45) is 1.61. The smallest absolute Gasteiger partial charge is 0.302 e. The van der Waals surface area contributed by atoms with E-state index in [1.807, 2.05) is 0 Å². The van der Waals surface area contributed by atoms with Gasteiger partial charge < -0.3 is 4.98 Å². The van der Waals surface area contributed by atoms with Gasteiger partial charge >= 0.3 is 5.69 Å². The highest BCUT2D eigenvalue weighted by Crippen LogP contribution is 2.28. The molecule has 0 fully saturated rings. The second-order valence-electron chi connectivity index (χ2n) is 4.03. The minimum absolute atomic E-state index is 0.000967. The molecule has 0 amide bonds. The van der Waals surface area contributed by atoms with Crippen LogP contribution in [0.2, 0.25) is 0 Å². The SMILES string of the molecule is NS(=O)(=O)c1ccc(N=[NH+]Cc2ccc[n-]2)c([N+](=O)[O-])c1. The summed E-state index contributed by atoms with van der Waals surface area (Å²) in [4.78, 5) is 13.9. The molecule has 0 unspecified atom stereocenters. The van der Waals surface area contributed by atoms with Crippen LogP contribution >= 0.6 is 0 Å². The van der Waals surface area contributed by atoms with E-state index >= 15 is 0 Å². The molecule has 10 heteroatoms. The van der Waals surface area contributed by atoms with E-state index in [4.69, 9.17) is 5.14 Å². The molecule has 2 aromatic rings. The number of primary sulfonamides is 1. The maximum atomic E-state index is 11.2. The summed E-state index contributed by atoms with van der Waals surface area (Å²) in [5.74, 6) is 0. The van der Waals surface area contributed by atoms with Gasteiger partial charge in [0.25, 0.3) is 0 Å². The first-order valence-electron chi connectivity index (χ1n) is 5.69. The van der Waals surface area contributed by atoms with Gasteiger partial charge in [-0.2, -0.15) is 6.20 Å². The Balaban J connectivity index is 2.31. The van der Waals surface area contributed by atoms with Gasteiger partial charge in [0.1, 0.15) is 0 Å². The first-order valence-corrected chi connectivity index (χ1v) is 7.24. The summed E-state index contributed by atoms with van der Waals surface area (Å²) in [5.41, 5.74) is 0.269. The number of benzene rings is 1. The van der Waals surface area contributed by atoms with Gasteiger partial charge in [0.15, 0.2) is 6.54 Å². The van der Waals surface area contributed by atoms with Crippen LogP contribution in [-0.4, -0.2) is 13.3 Å². The fourth-order valence-electron chi connectivity index (χ4n) is 1.57. The van der Waals surface area contributed by atoms with E-state index < -0.39 is 20.6 Å². The molecule has 3 N–H and O–H groups in total. The highest BCUT2D eigenvalue weighted by Gasteiger charge is 2.20. The lowest BCUT2D eigenvalue weighted by atomic mass is 10.3. The Bertz CT molecular complexity index is 783. The highest BCUT2D eigenvalue weighted by atomic mass is 32.2. The van der Waals surface area contributed by atoms with Crippen LogP contribution in [0.25, 0.3) is 0 Å². The maximum Gasteiger partial charge on any atom is 0.302 e. The van der Waals surface area contributed by atoms with Gasteiger partial charge in [0.05, 0.1) is 9.82 Å². The van der Waals surface area contributed by atoms with Gasteiger partial charge in [0, 0.05) is 6.07 Å². The first-order chi connectivity index (χ1) is 9.88. The topological polar surface area (TPSA) is 144 Å². The quantitative estimate of drug-likeness (QED) is 0.437. The molecular weight excluding hydrogens is 298 g/mol. The predicted octanol–water partition coefficient (Wildman–Crippen LogP) is -0.436. The molecule has 0 aliphatic heterocycles. The Hall–Kier alpha value is -2.59. The van der Waals surface area contributed by atoms with Crippen molar-refractivity contribution in [1.82, 2.24) is 4.98 Å². The number of nitrogens with zero attached hydrogens (tertiary/aromatic N) is 3. The number of hydrogen-bond acceptors (Lipinski definition) is 5. The normalized spacial score (nSPS) is 11.9. The van der Waals surface area contributed by atoms with Gasteiger partial charge in [-0.3, -0.25) is 10.1 Å². The molecule has 0 aliphatic rings. The number of aromatic nitrogens is 1. The molecule has 1 heterocycles. The molecule has 0 saturated heterocycles. The second-order valence-corrected chi connectivity index (χ2v) is 5.59. The van der Waals surface area contributed by atoms with Crippen molar-refractivity contribution >= 4 is 21.4 Å². The van der Waals surface area contributed by atoms with Gasteiger partial charge in [0.2, 0.25) is 15.7 Å². The molecular formula is C11H11N5O4S. The Morgan fingerprint density at radius 1 is 1.38 bits per heavy atom. The van der Waals surface area contributed by atoms with Crippen molar-refractivity contribution in [2.75, 3.05) is 0 Å². The van der Waals surface area contributed by atoms with Crippen molar-refractivity contribution in [2.24, 2.45) is 10.3 Å². The molecule has 0 bridgehead atoms. The number of sulfonamides is 1. The highest BCUT2D eigenvalue weighted by molar-refractivity contribution is 7.89.